The average molecular weight is 447 g/mol. The highest BCUT2D eigenvalue weighted by Gasteiger charge is 2.15. The van der Waals surface area contributed by atoms with E-state index < -0.39 is 17.6 Å². The van der Waals surface area contributed by atoms with Crippen LogP contribution in [0.1, 0.15) is 31.4 Å². The largest absolute Gasteiger partial charge is 0.481 e. The van der Waals surface area contributed by atoms with Crippen molar-refractivity contribution < 1.29 is 13.9 Å². The number of carbonyl (C=O) groups excluding carboxylic acids is 1. The average Bonchev–Trinajstić information content (AvgIpc) is 2.70. The van der Waals surface area contributed by atoms with E-state index in [4.69, 9.17) is 32.4 Å². The zero-order valence-corrected chi connectivity index (χ0v) is 18.0. The summed E-state index contributed by atoms with van der Waals surface area (Å²) in [5, 5.41) is 5.58. The second-order valence-electron chi connectivity index (χ2n) is 6.63. The molecule has 0 saturated carbocycles. The summed E-state index contributed by atoms with van der Waals surface area (Å²) < 4.78 is 11.0. The lowest BCUT2D eigenvalue weighted by molar-refractivity contribution is -0.127. The van der Waals surface area contributed by atoms with Gasteiger partial charge in [-0.25, -0.2) is 10.2 Å². The fraction of sp³-hybridized carbons (Fsp3) is 0.227. The fourth-order valence-corrected chi connectivity index (χ4v) is 3.40. The normalized spacial score (nSPS) is 12.3. The molecule has 1 heterocycles. The van der Waals surface area contributed by atoms with E-state index in [1.165, 1.54) is 12.3 Å². The van der Waals surface area contributed by atoms with Crippen molar-refractivity contribution in [2.75, 3.05) is 0 Å². The summed E-state index contributed by atoms with van der Waals surface area (Å²) in [6.07, 6.45) is 2.21. The number of carbonyl (C=O) groups is 1. The summed E-state index contributed by atoms with van der Waals surface area (Å²) in [6.45, 7) is 3.63. The Labute approximate surface area is 183 Å². The summed E-state index contributed by atoms with van der Waals surface area (Å²) in [5.74, 6) is -0.0595. The molecule has 0 spiro atoms. The molecule has 0 radical (unpaired) electrons. The minimum absolute atomic E-state index is 0.403. The predicted octanol–water partition coefficient (Wildman–Crippen LogP) is 4.97. The maximum atomic E-state index is 12.3. The number of benzene rings is 2. The van der Waals surface area contributed by atoms with E-state index in [2.05, 4.69) is 10.5 Å². The van der Waals surface area contributed by atoms with Crippen molar-refractivity contribution in [1.29, 1.82) is 0 Å². The Morgan fingerprint density at radius 1 is 1.23 bits per heavy atom. The second kappa shape index (κ2) is 9.78. The molecule has 6 nitrogen and oxygen atoms in total. The van der Waals surface area contributed by atoms with Crippen molar-refractivity contribution in [3.63, 3.8) is 0 Å². The molecule has 1 aromatic heterocycles. The molecule has 0 unspecified atom stereocenters. The van der Waals surface area contributed by atoms with Crippen LogP contribution in [0.15, 0.2) is 56.8 Å². The first-order valence-electron chi connectivity index (χ1n) is 9.39. The second-order valence-corrected chi connectivity index (χ2v) is 7.44. The molecule has 1 amide bonds. The van der Waals surface area contributed by atoms with E-state index in [-0.39, 0.29) is 0 Å². The van der Waals surface area contributed by atoms with Crippen LogP contribution in [0.3, 0.4) is 0 Å². The summed E-state index contributed by atoms with van der Waals surface area (Å²) in [5.41, 5.74) is 3.82. The number of hydrogen-bond donors (Lipinski definition) is 1. The number of hydrogen-bond acceptors (Lipinski definition) is 5. The Bertz CT molecular complexity index is 1140. The van der Waals surface area contributed by atoms with Crippen LogP contribution in [0.25, 0.3) is 11.0 Å². The van der Waals surface area contributed by atoms with Gasteiger partial charge >= 0.3 is 5.63 Å². The molecule has 0 fully saturated rings. The number of halogens is 2. The molecular formula is C22H20Cl2N2O4. The quantitative estimate of drug-likeness (QED) is 0.315. The Morgan fingerprint density at radius 2 is 1.97 bits per heavy atom. The van der Waals surface area contributed by atoms with Gasteiger partial charge in [-0.05, 0) is 43.2 Å². The molecule has 1 N–H and O–H groups in total. The standard InChI is InChI=1S/C22H20Cl2N2O4/c1-3-5-14-10-21(27)30-20-11-15(8-9-16(14)20)29-13(2)22(28)26-25-12-17-18(23)6-4-7-19(17)24/h4,6-13H,3,5H2,1-2H3,(H,26,28)/b25-12-/t13-/m0/s1. The van der Waals surface area contributed by atoms with Crippen LogP contribution in [0.4, 0.5) is 0 Å². The lowest BCUT2D eigenvalue weighted by Gasteiger charge is -2.13. The summed E-state index contributed by atoms with van der Waals surface area (Å²) in [7, 11) is 0. The minimum Gasteiger partial charge on any atom is -0.481 e. The number of fused-ring (bicyclic) bond motifs is 1. The molecule has 3 rings (SSSR count). The Balaban J connectivity index is 1.70. The maximum absolute atomic E-state index is 12.3. The number of hydrazone groups is 1. The molecule has 0 bridgehead atoms. The number of nitrogens with zero attached hydrogens (tertiary/aromatic N) is 1. The van der Waals surface area contributed by atoms with Gasteiger partial charge in [0.05, 0.1) is 16.3 Å². The maximum Gasteiger partial charge on any atom is 0.336 e. The number of amides is 1. The molecule has 0 aliphatic carbocycles. The number of nitrogens with one attached hydrogen (secondary N) is 1. The fourth-order valence-electron chi connectivity index (χ4n) is 2.90. The highest BCUT2D eigenvalue weighted by atomic mass is 35.5. The van der Waals surface area contributed by atoms with Gasteiger partial charge in [0.2, 0.25) is 0 Å². The number of ether oxygens (including phenoxy) is 1. The molecular weight excluding hydrogens is 427 g/mol. The van der Waals surface area contributed by atoms with Crippen LogP contribution in [0.5, 0.6) is 5.75 Å². The topological polar surface area (TPSA) is 80.9 Å². The van der Waals surface area contributed by atoms with Crippen LogP contribution in [0, 0.1) is 0 Å². The third-order valence-corrected chi connectivity index (χ3v) is 5.03. The first kappa shape index (κ1) is 21.9. The van der Waals surface area contributed by atoms with Crippen molar-refractivity contribution in [2.45, 2.75) is 32.8 Å². The van der Waals surface area contributed by atoms with Crippen LogP contribution in [0.2, 0.25) is 10.0 Å². The van der Waals surface area contributed by atoms with E-state index in [1.54, 1.807) is 37.3 Å². The smallest absolute Gasteiger partial charge is 0.336 e. The zero-order chi connectivity index (χ0) is 21.7. The molecule has 2 aromatic carbocycles. The van der Waals surface area contributed by atoms with Gasteiger partial charge in [0.15, 0.2) is 6.10 Å². The Morgan fingerprint density at radius 3 is 2.67 bits per heavy atom. The van der Waals surface area contributed by atoms with E-state index >= 15 is 0 Å². The monoisotopic (exact) mass is 446 g/mol. The van der Waals surface area contributed by atoms with Gasteiger partial charge in [-0.15, -0.1) is 0 Å². The molecule has 156 valence electrons. The van der Waals surface area contributed by atoms with Crippen molar-refractivity contribution in [3.8, 4) is 5.75 Å². The molecule has 0 aliphatic heterocycles. The third-order valence-electron chi connectivity index (χ3n) is 4.37. The van der Waals surface area contributed by atoms with Crippen LogP contribution in [-0.2, 0) is 11.2 Å². The predicted molar refractivity (Wildman–Crippen MR) is 119 cm³/mol. The summed E-state index contributed by atoms with van der Waals surface area (Å²) >= 11 is 12.1. The first-order chi connectivity index (χ1) is 14.4. The van der Waals surface area contributed by atoms with Crippen LogP contribution < -0.4 is 15.8 Å². The van der Waals surface area contributed by atoms with Gasteiger partial charge in [0.25, 0.3) is 5.91 Å². The molecule has 30 heavy (non-hydrogen) atoms. The molecule has 8 heteroatoms. The van der Waals surface area contributed by atoms with E-state index in [0.29, 0.717) is 26.9 Å². The van der Waals surface area contributed by atoms with Gasteiger partial charge in [-0.2, -0.15) is 5.10 Å². The summed E-state index contributed by atoms with van der Waals surface area (Å²) in [6, 6.07) is 11.7. The molecule has 3 aromatic rings. The third kappa shape index (κ3) is 5.20. The Kier molecular flexibility index (Phi) is 7.13. The van der Waals surface area contributed by atoms with Gasteiger partial charge in [0, 0.05) is 23.1 Å². The van der Waals surface area contributed by atoms with Crippen molar-refractivity contribution in [1.82, 2.24) is 5.43 Å². The molecule has 1 atom stereocenters. The Hall–Kier alpha value is -2.83. The lowest BCUT2D eigenvalue weighted by atomic mass is 10.1. The van der Waals surface area contributed by atoms with E-state index in [0.717, 1.165) is 23.8 Å². The lowest BCUT2D eigenvalue weighted by Crippen LogP contribution is -2.33. The number of rotatable bonds is 7. The van der Waals surface area contributed by atoms with Crippen LogP contribution >= 0.6 is 23.2 Å². The van der Waals surface area contributed by atoms with Crippen molar-refractivity contribution in [3.05, 3.63) is 74.1 Å². The highest BCUT2D eigenvalue weighted by Crippen LogP contribution is 2.24. The van der Waals surface area contributed by atoms with Crippen molar-refractivity contribution >= 4 is 46.3 Å². The highest BCUT2D eigenvalue weighted by molar-refractivity contribution is 6.38. The van der Waals surface area contributed by atoms with E-state index in [1.807, 2.05) is 13.0 Å². The number of aryl methyl sites for hydroxylation is 1. The van der Waals surface area contributed by atoms with Gasteiger partial charge in [-0.1, -0.05) is 42.6 Å². The first-order valence-corrected chi connectivity index (χ1v) is 10.1. The minimum atomic E-state index is -0.841. The van der Waals surface area contributed by atoms with Gasteiger partial charge < -0.3 is 9.15 Å². The van der Waals surface area contributed by atoms with Crippen LogP contribution in [-0.4, -0.2) is 18.2 Å². The van der Waals surface area contributed by atoms with Gasteiger partial charge in [-0.3, -0.25) is 4.79 Å². The van der Waals surface area contributed by atoms with Crippen molar-refractivity contribution in [2.24, 2.45) is 5.10 Å². The summed E-state index contributed by atoms with van der Waals surface area (Å²) in [4.78, 5) is 24.1. The SMILES string of the molecule is CCCc1cc(=O)oc2cc(O[C@@H](C)C(=O)N/N=C\c3c(Cl)cccc3Cl)ccc12. The van der Waals surface area contributed by atoms with Gasteiger partial charge in [0.1, 0.15) is 11.3 Å². The molecule has 0 saturated heterocycles. The zero-order valence-electron chi connectivity index (χ0n) is 16.4. The molecule has 0 aliphatic rings. The van der Waals surface area contributed by atoms with E-state index in [9.17, 15) is 9.59 Å².